The number of aromatic nitrogens is 2. The van der Waals surface area contributed by atoms with Crippen LogP contribution in [0.5, 0.6) is 0 Å². The highest BCUT2D eigenvalue weighted by molar-refractivity contribution is 5.84. The van der Waals surface area contributed by atoms with E-state index in [0.29, 0.717) is 18.3 Å². The van der Waals surface area contributed by atoms with E-state index in [1.54, 1.807) is 0 Å². The zero-order valence-electron chi connectivity index (χ0n) is 14.4. The van der Waals surface area contributed by atoms with Gasteiger partial charge in [0.1, 0.15) is 6.04 Å². The summed E-state index contributed by atoms with van der Waals surface area (Å²) in [5.74, 6) is 1.61. The van der Waals surface area contributed by atoms with Crippen LogP contribution in [-0.4, -0.2) is 52.5 Å². The Labute approximate surface area is 131 Å². The first-order valence-electron chi connectivity index (χ1n) is 7.95. The number of carbonyl (C=O) groups is 1. The molecule has 1 aliphatic carbocycles. The molecule has 1 aromatic heterocycles. The average Bonchev–Trinajstić information content (AvgIpc) is 2.75. The normalized spacial score (nSPS) is 27.9. The second-order valence-corrected chi connectivity index (χ2v) is 7.84. The number of piperazine rings is 1. The molecule has 1 saturated heterocycles. The van der Waals surface area contributed by atoms with Crippen LogP contribution in [-0.2, 0) is 4.79 Å². The van der Waals surface area contributed by atoms with Crippen LogP contribution in [0, 0.1) is 23.7 Å². The minimum atomic E-state index is -0.0103. The van der Waals surface area contributed by atoms with Gasteiger partial charge in [-0.05, 0) is 24.8 Å². The molecule has 1 saturated carbocycles. The maximum Gasteiger partial charge on any atom is 0.245 e. The molecule has 0 radical (unpaired) electrons. The van der Waals surface area contributed by atoms with E-state index in [-0.39, 0.29) is 28.7 Å². The number of aryl methyl sites for hydroxylation is 1. The SMILES string of the molecule is Cc1noc([C@H]2CN(C(=O)C3C(C)(C)C3(C)C)CCN2C)n1. The topological polar surface area (TPSA) is 62.5 Å². The van der Waals surface area contributed by atoms with Crippen molar-refractivity contribution < 1.29 is 9.32 Å². The van der Waals surface area contributed by atoms with Gasteiger partial charge in [-0.3, -0.25) is 9.69 Å². The molecule has 3 rings (SSSR count). The van der Waals surface area contributed by atoms with Crippen LogP contribution in [0.1, 0.15) is 45.5 Å². The lowest BCUT2D eigenvalue weighted by molar-refractivity contribution is -0.137. The van der Waals surface area contributed by atoms with Gasteiger partial charge >= 0.3 is 0 Å². The lowest BCUT2D eigenvalue weighted by Crippen LogP contribution is -2.50. The van der Waals surface area contributed by atoms with Crippen molar-refractivity contribution in [1.82, 2.24) is 19.9 Å². The number of rotatable bonds is 2. The summed E-state index contributed by atoms with van der Waals surface area (Å²) in [6, 6.07) is -0.0103. The predicted molar refractivity (Wildman–Crippen MR) is 82.0 cm³/mol. The fourth-order valence-electron chi connectivity index (χ4n) is 3.79. The molecule has 0 unspecified atom stereocenters. The molecule has 1 amide bonds. The standard InChI is InChI=1S/C16H26N4O2/c1-10-17-13(22-18-10)11-9-20(8-7-19(11)6)14(21)12-15(2,3)16(12,4)5/h11-12H,7-9H2,1-6H3/t11-/m1/s1. The minimum absolute atomic E-state index is 0.0103. The molecule has 6 heteroatoms. The Bertz CT molecular complexity index is 579. The average molecular weight is 306 g/mol. The summed E-state index contributed by atoms with van der Waals surface area (Å²) in [4.78, 5) is 21.4. The van der Waals surface area contributed by atoms with Crippen molar-refractivity contribution >= 4 is 5.91 Å². The molecule has 2 fully saturated rings. The van der Waals surface area contributed by atoms with Crippen molar-refractivity contribution in [2.45, 2.75) is 40.7 Å². The van der Waals surface area contributed by atoms with Crippen LogP contribution >= 0.6 is 0 Å². The molecular weight excluding hydrogens is 280 g/mol. The third-order valence-corrected chi connectivity index (χ3v) is 6.06. The van der Waals surface area contributed by atoms with E-state index in [4.69, 9.17) is 4.52 Å². The Morgan fingerprint density at radius 3 is 2.36 bits per heavy atom. The van der Waals surface area contributed by atoms with Gasteiger partial charge in [-0.1, -0.05) is 32.9 Å². The third-order valence-electron chi connectivity index (χ3n) is 6.06. The molecule has 2 heterocycles. The quantitative estimate of drug-likeness (QED) is 0.835. The van der Waals surface area contributed by atoms with E-state index < -0.39 is 0 Å². The van der Waals surface area contributed by atoms with Crippen molar-refractivity contribution in [3.8, 4) is 0 Å². The zero-order chi connectivity index (χ0) is 16.3. The second-order valence-electron chi connectivity index (χ2n) is 7.84. The first kappa shape index (κ1) is 15.5. The molecule has 2 aliphatic rings. The van der Waals surface area contributed by atoms with Crippen molar-refractivity contribution in [1.29, 1.82) is 0 Å². The fraction of sp³-hybridized carbons (Fsp3) is 0.812. The summed E-state index contributed by atoms with van der Waals surface area (Å²) in [6.07, 6.45) is 0. The first-order valence-corrected chi connectivity index (χ1v) is 7.95. The smallest absolute Gasteiger partial charge is 0.245 e. The summed E-state index contributed by atoms with van der Waals surface area (Å²) in [5, 5.41) is 3.87. The molecule has 0 bridgehead atoms. The van der Waals surface area contributed by atoms with Gasteiger partial charge in [0, 0.05) is 25.6 Å². The van der Waals surface area contributed by atoms with Crippen LogP contribution in [0.15, 0.2) is 4.52 Å². The van der Waals surface area contributed by atoms with Crippen LogP contribution < -0.4 is 0 Å². The largest absolute Gasteiger partial charge is 0.339 e. The van der Waals surface area contributed by atoms with Gasteiger partial charge in [-0.25, -0.2) is 0 Å². The fourth-order valence-corrected chi connectivity index (χ4v) is 3.79. The summed E-state index contributed by atoms with van der Waals surface area (Å²) in [7, 11) is 2.04. The Balaban J connectivity index is 1.75. The molecule has 1 aromatic rings. The molecule has 1 atom stereocenters. The second kappa shape index (κ2) is 4.78. The Morgan fingerprint density at radius 1 is 1.23 bits per heavy atom. The van der Waals surface area contributed by atoms with Crippen LogP contribution in [0.4, 0.5) is 0 Å². The van der Waals surface area contributed by atoms with Crippen LogP contribution in [0.2, 0.25) is 0 Å². The molecule has 0 N–H and O–H groups in total. The van der Waals surface area contributed by atoms with Gasteiger partial charge in [0.05, 0.1) is 0 Å². The number of hydrogen-bond acceptors (Lipinski definition) is 5. The number of likely N-dealkylation sites (N-methyl/N-ethyl adjacent to an activating group) is 1. The highest BCUT2D eigenvalue weighted by atomic mass is 16.5. The van der Waals surface area contributed by atoms with Gasteiger partial charge in [-0.2, -0.15) is 4.98 Å². The van der Waals surface area contributed by atoms with Crippen molar-refractivity contribution in [2.75, 3.05) is 26.7 Å². The zero-order valence-corrected chi connectivity index (χ0v) is 14.4. The highest BCUT2D eigenvalue weighted by Gasteiger charge is 2.69. The Kier molecular flexibility index (Phi) is 3.36. The van der Waals surface area contributed by atoms with Crippen LogP contribution in [0.25, 0.3) is 0 Å². The van der Waals surface area contributed by atoms with Crippen LogP contribution in [0.3, 0.4) is 0 Å². The maximum absolute atomic E-state index is 12.9. The molecule has 1 aliphatic heterocycles. The van der Waals surface area contributed by atoms with Gasteiger partial charge in [0.25, 0.3) is 0 Å². The lowest BCUT2D eigenvalue weighted by Gasteiger charge is -2.38. The monoisotopic (exact) mass is 306 g/mol. The molecule has 0 spiro atoms. The van der Waals surface area contributed by atoms with Gasteiger partial charge in [-0.15, -0.1) is 0 Å². The van der Waals surface area contributed by atoms with E-state index in [2.05, 4.69) is 42.7 Å². The molecule has 22 heavy (non-hydrogen) atoms. The summed E-state index contributed by atoms with van der Waals surface area (Å²) in [5.41, 5.74) is 0.147. The molecule has 6 nitrogen and oxygen atoms in total. The van der Waals surface area contributed by atoms with E-state index in [1.165, 1.54) is 0 Å². The first-order chi connectivity index (χ1) is 10.2. The number of carbonyl (C=O) groups excluding carboxylic acids is 1. The number of hydrogen-bond donors (Lipinski definition) is 0. The summed E-state index contributed by atoms with van der Waals surface area (Å²) < 4.78 is 5.32. The molecular formula is C16H26N4O2. The summed E-state index contributed by atoms with van der Waals surface area (Å²) >= 11 is 0. The van der Waals surface area contributed by atoms with E-state index >= 15 is 0 Å². The lowest BCUT2D eigenvalue weighted by atomic mass is 10.0. The summed E-state index contributed by atoms with van der Waals surface area (Å²) in [6.45, 7) is 12.8. The Morgan fingerprint density at radius 2 is 1.86 bits per heavy atom. The van der Waals surface area contributed by atoms with Gasteiger partial charge in [0.15, 0.2) is 5.82 Å². The number of amides is 1. The van der Waals surface area contributed by atoms with Crippen molar-refractivity contribution in [3.63, 3.8) is 0 Å². The van der Waals surface area contributed by atoms with E-state index in [1.807, 2.05) is 18.9 Å². The number of nitrogens with zero attached hydrogens (tertiary/aromatic N) is 4. The molecule has 122 valence electrons. The van der Waals surface area contributed by atoms with E-state index in [9.17, 15) is 4.79 Å². The maximum atomic E-state index is 12.9. The predicted octanol–water partition coefficient (Wildman–Crippen LogP) is 1.88. The van der Waals surface area contributed by atoms with Gasteiger partial charge < -0.3 is 9.42 Å². The van der Waals surface area contributed by atoms with E-state index in [0.717, 1.165) is 13.1 Å². The van der Waals surface area contributed by atoms with Gasteiger partial charge in [0.2, 0.25) is 11.8 Å². The third kappa shape index (κ3) is 2.16. The minimum Gasteiger partial charge on any atom is -0.339 e. The van der Waals surface area contributed by atoms with Crippen molar-refractivity contribution in [3.05, 3.63) is 11.7 Å². The molecule has 0 aromatic carbocycles. The van der Waals surface area contributed by atoms with Crippen molar-refractivity contribution in [2.24, 2.45) is 16.7 Å². The highest BCUT2D eigenvalue weighted by Crippen LogP contribution is 2.68. The Hall–Kier alpha value is -1.43.